The van der Waals surface area contributed by atoms with Crippen molar-refractivity contribution in [2.24, 2.45) is 0 Å². The number of halogens is 1. The third-order valence-electron chi connectivity index (χ3n) is 3.06. The van der Waals surface area contributed by atoms with Gasteiger partial charge in [-0.25, -0.2) is 0 Å². The molecule has 2 aromatic rings. The molecule has 3 rings (SSSR count). The summed E-state index contributed by atoms with van der Waals surface area (Å²) in [4.78, 5) is 12.1. The number of carbonyl (C=O) groups excluding carboxylic acids is 1. The van der Waals surface area contributed by atoms with Crippen LogP contribution in [0.15, 0.2) is 45.5 Å². The van der Waals surface area contributed by atoms with Crippen molar-refractivity contribution in [3.8, 4) is 5.75 Å². The molecule has 1 aromatic carbocycles. The maximum absolute atomic E-state index is 12.1. The summed E-state index contributed by atoms with van der Waals surface area (Å²) < 4.78 is 11.4. The first-order chi connectivity index (χ1) is 9.24. The fourth-order valence-electron chi connectivity index (χ4n) is 2.16. The van der Waals surface area contributed by atoms with Crippen molar-refractivity contribution >= 4 is 21.8 Å². The second kappa shape index (κ2) is 5.09. The van der Waals surface area contributed by atoms with E-state index in [1.165, 1.54) is 0 Å². The summed E-state index contributed by atoms with van der Waals surface area (Å²) >= 11 is 3.18. The molecule has 0 aliphatic carbocycles. The first-order valence-electron chi connectivity index (χ1n) is 6.02. The quantitative estimate of drug-likeness (QED) is 0.923. The maximum Gasteiger partial charge on any atom is 0.287 e. The highest BCUT2D eigenvalue weighted by molar-refractivity contribution is 9.10. The highest BCUT2D eigenvalue weighted by Gasteiger charge is 2.24. The number of fused-ring (bicyclic) bond motifs is 1. The van der Waals surface area contributed by atoms with E-state index in [9.17, 15) is 4.79 Å². The molecule has 0 radical (unpaired) electrons. The molecule has 0 spiro atoms. The summed E-state index contributed by atoms with van der Waals surface area (Å²) in [6.45, 7) is 0.601. The molecule has 1 aromatic heterocycles. The standard InChI is InChI=1S/C14H12BrNO3/c15-13-6-5-12(19-13)14(17)16-10-7-8-18-11-4-2-1-3-9(10)11/h1-6,10H,7-8H2,(H,16,17). The van der Waals surface area contributed by atoms with E-state index in [4.69, 9.17) is 9.15 Å². The van der Waals surface area contributed by atoms with Crippen molar-refractivity contribution in [1.29, 1.82) is 0 Å². The predicted molar refractivity (Wildman–Crippen MR) is 73.2 cm³/mol. The molecule has 0 saturated carbocycles. The Hall–Kier alpha value is -1.75. The van der Waals surface area contributed by atoms with Gasteiger partial charge in [0, 0.05) is 12.0 Å². The highest BCUT2D eigenvalue weighted by Crippen LogP contribution is 2.31. The van der Waals surface area contributed by atoms with E-state index in [0.717, 1.165) is 17.7 Å². The topological polar surface area (TPSA) is 51.5 Å². The van der Waals surface area contributed by atoms with Crippen LogP contribution in [0.4, 0.5) is 0 Å². The number of furan rings is 1. The van der Waals surface area contributed by atoms with Crippen LogP contribution in [0, 0.1) is 0 Å². The smallest absolute Gasteiger partial charge is 0.287 e. The van der Waals surface area contributed by atoms with E-state index in [0.29, 0.717) is 17.0 Å². The van der Waals surface area contributed by atoms with Gasteiger partial charge in [0.15, 0.2) is 10.4 Å². The molecule has 4 nitrogen and oxygen atoms in total. The van der Waals surface area contributed by atoms with Crippen LogP contribution in [0.3, 0.4) is 0 Å². The molecule has 1 aliphatic rings. The van der Waals surface area contributed by atoms with Gasteiger partial charge in [-0.15, -0.1) is 0 Å². The Kier molecular flexibility index (Phi) is 3.29. The summed E-state index contributed by atoms with van der Waals surface area (Å²) in [5.74, 6) is 0.919. The zero-order valence-corrected chi connectivity index (χ0v) is 11.6. The molecule has 5 heteroatoms. The number of carbonyl (C=O) groups is 1. The molecule has 1 aliphatic heterocycles. The largest absolute Gasteiger partial charge is 0.493 e. The van der Waals surface area contributed by atoms with Crippen LogP contribution in [-0.2, 0) is 0 Å². The summed E-state index contributed by atoms with van der Waals surface area (Å²) in [5.41, 5.74) is 1.01. The minimum absolute atomic E-state index is 0.0404. The van der Waals surface area contributed by atoms with E-state index in [-0.39, 0.29) is 11.9 Å². The first kappa shape index (κ1) is 12.3. The molecule has 98 valence electrons. The Labute approximate surface area is 118 Å². The SMILES string of the molecule is O=C(NC1CCOc2ccccc21)c1ccc(Br)o1. The summed E-state index contributed by atoms with van der Waals surface area (Å²) in [7, 11) is 0. The lowest BCUT2D eigenvalue weighted by atomic mass is 10.0. The second-order valence-electron chi connectivity index (χ2n) is 4.30. The molecule has 0 saturated heterocycles. The van der Waals surface area contributed by atoms with Gasteiger partial charge in [0.1, 0.15) is 5.75 Å². The van der Waals surface area contributed by atoms with Crippen LogP contribution in [0.5, 0.6) is 5.75 Å². The van der Waals surface area contributed by atoms with Gasteiger partial charge >= 0.3 is 0 Å². The monoisotopic (exact) mass is 321 g/mol. The lowest BCUT2D eigenvalue weighted by molar-refractivity contribution is 0.0895. The van der Waals surface area contributed by atoms with Gasteiger partial charge in [0.05, 0.1) is 12.6 Å². The van der Waals surface area contributed by atoms with Gasteiger partial charge in [0.2, 0.25) is 0 Å². The van der Waals surface area contributed by atoms with Crippen molar-refractivity contribution in [3.05, 3.63) is 52.4 Å². The van der Waals surface area contributed by atoms with Gasteiger partial charge in [-0.1, -0.05) is 18.2 Å². The normalized spacial score (nSPS) is 17.4. The van der Waals surface area contributed by atoms with Gasteiger partial charge in [-0.05, 0) is 34.1 Å². The number of nitrogens with one attached hydrogen (secondary N) is 1. The first-order valence-corrected chi connectivity index (χ1v) is 6.81. The van der Waals surface area contributed by atoms with Gasteiger partial charge in [-0.3, -0.25) is 4.79 Å². The third kappa shape index (κ3) is 2.51. The lowest BCUT2D eigenvalue weighted by Gasteiger charge is -2.26. The number of amides is 1. The van der Waals surface area contributed by atoms with E-state index < -0.39 is 0 Å². The summed E-state index contributed by atoms with van der Waals surface area (Å²) in [5, 5.41) is 2.97. The van der Waals surface area contributed by atoms with Gasteiger partial charge < -0.3 is 14.5 Å². The van der Waals surface area contributed by atoms with E-state index >= 15 is 0 Å². The number of benzene rings is 1. The molecule has 0 fully saturated rings. The molecule has 1 atom stereocenters. The molecule has 0 bridgehead atoms. The number of hydrogen-bond acceptors (Lipinski definition) is 3. The molecule has 19 heavy (non-hydrogen) atoms. The molecule has 1 unspecified atom stereocenters. The summed E-state index contributed by atoms with van der Waals surface area (Å²) in [6, 6.07) is 11.1. The molecular formula is C14H12BrNO3. The Balaban J connectivity index is 1.79. The van der Waals surface area contributed by atoms with Crippen molar-refractivity contribution in [3.63, 3.8) is 0 Å². The molecule has 2 heterocycles. The average molecular weight is 322 g/mol. The minimum Gasteiger partial charge on any atom is -0.493 e. The number of ether oxygens (including phenoxy) is 1. The number of rotatable bonds is 2. The zero-order chi connectivity index (χ0) is 13.2. The van der Waals surface area contributed by atoms with Crippen molar-refractivity contribution in [2.45, 2.75) is 12.5 Å². The Morgan fingerprint density at radius 3 is 2.89 bits per heavy atom. The highest BCUT2D eigenvalue weighted by atomic mass is 79.9. The van der Waals surface area contributed by atoms with E-state index in [2.05, 4.69) is 21.2 Å². The van der Waals surface area contributed by atoms with Gasteiger partial charge in [0.25, 0.3) is 5.91 Å². The second-order valence-corrected chi connectivity index (χ2v) is 5.09. The van der Waals surface area contributed by atoms with Crippen LogP contribution in [0.1, 0.15) is 28.6 Å². The summed E-state index contributed by atoms with van der Waals surface area (Å²) in [6.07, 6.45) is 0.755. The van der Waals surface area contributed by atoms with Gasteiger partial charge in [-0.2, -0.15) is 0 Å². The Bertz CT molecular complexity index is 608. The van der Waals surface area contributed by atoms with E-state index in [1.54, 1.807) is 12.1 Å². The van der Waals surface area contributed by atoms with Crippen molar-refractivity contribution < 1.29 is 13.9 Å². The fraction of sp³-hybridized carbons (Fsp3) is 0.214. The zero-order valence-electron chi connectivity index (χ0n) is 10.1. The van der Waals surface area contributed by atoms with Crippen LogP contribution < -0.4 is 10.1 Å². The number of hydrogen-bond donors (Lipinski definition) is 1. The van der Waals surface area contributed by atoms with Crippen LogP contribution in [-0.4, -0.2) is 12.5 Å². The van der Waals surface area contributed by atoms with Crippen LogP contribution in [0.25, 0.3) is 0 Å². The Morgan fingerprint density at radius 2 is 2.11 bits per heavy atom. The van der Waals surface area contributed by atoms with Crippen molar-refractivity contribution in [2.75, 3.05) is 6.61 Å². The minimum atomic E-state index is -0.215. The molecule has 1 N–H and O–H groups in total. The van der Waals surface area contributed by atoms with Crippen LogP contribution in [0.2, 0.25) is 0 Å². The third-order valence-corrected chi connectivity index (χ3v) is 3.49. The fourth-order valence-corrected chi connectivity index (χ4v) is 2.46. The average Bonchev–Trinajstić information content (AvgIpc) is 2.86. The number of para-hydroxylation sites is 1. The molecular weight excluding hydrogens is 310 g/mol. The maximum atomic E-state index is 12.1. The van der Waals surface area contributed by atoms with E-state index in [1.807, 2.05) is 24.3 Å². The van der Waals surface area contributed by atoms with Crippen molar-refractivity contribution in [1.82, 2.24) is 5.32 Å². The Morgan fingerprint density at radius 1 is 1.26 bits per heavy atom. The molecule has 1 amide bonds. The van der Waals surface area contributed by atoms with Crippen LogP contribution >= 0.6 is 15.9 Å². The predicted octanol–water partition coefficient (Wildman–Crippen LogP) is 3.30. The lowest BCUT2D eigenvalue weighted by Crippen LogP contribution is -2.31.